The van der Waals surface area contributed by atoms with Crippen molar-refractivity contribution in [2.24, 2.45) is 0 Å². The molecule has 1 aromatic rings. The average Bonchev–Trinajstić information content (AvgIpc) is 2.46. The molecule has 1 fully saturated rings. The predicted molar refractivity (Wildman–Crippen MR) is 83.1 cm³/mol. The minimum Gasteiger partial charge on any atom is -0.397 e. The highest BCUT2D eigenvalue weighted by atomic mass is 16.1. The zero-order valence-corrected chi connectivity index (χ0v) is 12.1. The van der Waals surface area contributed by atoms with Gasteiger partial charge in [0.05, 0.1) is 11.4 Å². The summed E-state index contributed by atoms with van der Waals surface area (Å²) >= 11 is 0. The smallest absolute Gasteiger partial charge is 0.224 e. The van der Waals surface area contributed by atoms with Crippen LogP contribution in [0.1, 0.15) is 44.1 Å². The van der Waals surface area contributed by atoms with Gasteiger partial charge < -0.3 is 16.0 Å². The van der Waals surface area contributed by atoms with Crippen molar-refractivity contribution in [3.63, 3.8) is 0 Å². The third kappa shape index (κ3) is 2.47. The van der Waals surface area contributed by atoms with Gasteiger partial charge in [-0.1, -0.05) is 19.3 Å². The number of carbonyl (C=O) groups is 1. The van der Waals surface area contributed by atoms with E-state index in [9.17, 15) is 4.79 Å². The van der Waals surface area contributed by atoms with Crippen LogP contribution < -0.4 is 16.0 Å². The molecule has 0 bridgehead atoms. The van der Waals surface area contributed by atoms with Crippen LogP contribution in [-0.4, -0.2) is 19.0 Å². The molecule has 2 aliphatic rings. The number of benzene rings is 1. The highest BCUT2D eigenvalue weighted by molar-refractivity contribution is 5.95. The second-order valence-corrected chi connectivity index (χ2v) is 6.02. The third-order valence-corrected chi connectivity index (χ3v) is 4.65. The number of carbonyl (C=O) groups excluding carboxylic acids is 1. The minimum absolute atomic E-state index is 0.0882. The van der Waals surface area contributed by atoms with Crippen LogP contribution in [0.25, 0.3) is 0 Å². The number of hydrogen-bond donors (Lipinski definition) is 2. The van der Waals surface area contributed by atoms with Crippen LogP contribution in [0.5, 0.6) is 0 Å². The van der Waals surface area contributed by atoms with Crippen molar-refractivity contribution >= 4 is 23.0 Å². The number of nitrogens with two attached hydrogens (primary N) is 1. The standard InChI is InChI=1S/C16H23N3O/c1-19(12-5-3-2-4-6-12)15-9-11-7-8-16(20)18-14(11)10-13(15)17/h9-10,12H,2-8,17H2,1H3,(H,18,20). The third-order valence-electron chi connectivity index (χ3n) is 4.65. The molecular formula is C16H23N3O. The van der Waals surface area contributed by atoms with Gasteiger partial charge in [-0.25, -0.2) is 0 Å². The summed E-state index contributed by atoms with van der Waals surface area (Å²) in [5.74, 6) is 0.0882. The Morgan fingerprint density at radius 1 is 1.20 bits per heavy atom. The molecule has 0 spiro atoms. The summed E-state index contributed by atoms with van der Waals surface area (Å²) in [6.45, 7) is 0. The van der Waals surface area contributed by atoms with E-state index in [4.69, 9.17) is 5.73 Å². The fraction of sp³-hybridized carbons (Fsp3) is 0.562. The van der Waals surface area contributed by atoms with Crippen molar-refractivity contribution in [2.75, 3.05) is 23.0 Å². The van der Waals surface area contributed by atoms with Gasteiger partial charge in [0.25, 0.3) is 0 Å². The number of rotatable bonds is 2. The van der Waals surface area contributed by atoms with Crippen LogP contribution in [0.2, 0.25) is 0 Å². The highest BCUT2D eigenvalue weighted by Gasteiger charge is 2.22. The maximum Gasteiger partial charge on any atom is 0.224 e. The normalized spacial score (nSPS) is 19.4. The van der Waals surface area contributed by atoms with E-state index in [2.05, 4.69) is 23.3 Å². The summed E-state index contributed by atoms with van der Waals surface area (Å²) in [6, 6.07) is 4.68. The molecule has 4 nitrogen and oxygen atoms in total. The maximum atomic E-state index is 11.4. The molecule has 0 radical (unpaired) electrons. The van der Waals surface area contributed by atoms with Crippen LogP contribution in [0, 0.1) is 0 Å². The first-order chi connectivity index (χ1) is 9.65. The number of aryl methyl sites for hydroxylation is 1. The molecule has 1 heterocycles. The van der Waals surface area contributed by atoms with Crippen LogP contribution in [0.15, 0.2) is 12.1 Å². The molecule has 3 rings (SSSR count). The Bertz CT molecular complexity index is 521. The van der Waals surface area contributed by atoms with Crippen molar-refractivity contribution < 1.29 is 4.79 Å². The lowest BCUT2D eigenvalue weighted by molar-refractivity contribution is -0.116. The molecule has 0 aromatic heterocycles. The van der Waals surface area contributed by atoms with E-state index in [0.29, 0.717) is 12.5 Å². The highest BCUT2D eigenvalue weighted by Crippen LogP contribution is 2.35. The van der Waals surface area contributed by atoms with Gasteiger partial charge in [-0.3, -0.25) is 4.79 Å². The van der Waals surface area contributed by atoms with Gasteiger partial charge in [-0.2, -0.15) is 0 Å². The van der Waals surface area contributed by atoms with Crippen LogP contribution in [-0.2, 0) is 11.2 Å². The average molecular weight is 273 g/mol. The molecule has 20 heavy (non-hydrogen) atoms. The molecule has 1 amide bonds. The number of anilines is 3. The Hall–Kier alpha value is -1.71. The lowest BCUT2D eigenvalue weighted by Gasteiger charge is -2.34. The molecule has 1 aliphatic heterocycles. The lowest BCUT2D eigenvalue weighted by Crippen LogP contribution is -2.34. The van der Waals surface area contributed by atoms with Gasteiger partial charge in [0.2, 0.25) is 5.91 Å². The molecule has 4 heteroatoms. The van der Waals surface area contributed by atoms with E-state index >= 15 is 0 Å². The number of amides is 1. The largest absolute Gasteiger partial charge is 0.397 e. The van der Waals surface area contributed by atoms with Gasteiger partial charge in [-0.05, 0) is 37.0 Å². The number of nitrogen functional groups attached to an aromatic ring is 1. The predicted octanol–water partition coefficient (Wildman–Crippen LogP) is 2.92. The van der Waals surface area contributed by atoms with Crippen LogP contribution in [0.3, 0.4) is 0 Å². The SMILES string of the molecule is CN(c1cc2c(cc1N)NC(=O)CC2)C1CCCCC1. The summed E-state index contributed by atoms with van der Waals surface area (Å²) in [5, 5.41) is 2.91. The fourth-order valence-corrected chi connectivity index (χ4v) is 3.40. The first kappa shape index (κ1) is 13.3. The van der Waals surface area contributed by atoms with Gasteiger partial charge in [0.1, 0.15) is 0 Å². The maximum absolute atomic E-state index is 11.4. The molecule has 1 aliphatic carbocycles. The fourth-order valence-electron chi connectivity index (χ4n) is 3.40. The van der Waals surface area contributed by atoms with E-state index in [0.717, 1.165) is 23.5 Å². The summed E-state index contributed by atoms with van der Waals surface area (Å²) < 4.78 is 0. The minimum atomic E-state index is 0.0882. The monoisotopic (exact) mass is 273 g/mol. The van der Waals surface area contributed by atoms with Crippen molar-refractivity contribution in [3.05, 3.63) is 17.7 Å². The summed E-state index contributed by atoms with van der Waals surface area (Å²) in [4.78, 5) is 13.8. The quantitative estimate of drug-likeness (QED) is 0.815. The van der Waals surface area contributed by atoms with Crippen molar-refractivity contribution in [1.29, 1.82) is 0 Å². The summed E-state index contributed by atoms with van der Waals surface area (Å²) in [7, 11) is 2.15. The van der Waals surface area contributed by atoms with Gasteiger partial charge >= 0.3 is 0 Å². The number of nitrogens with one attached hydrogen (secondary N) is 1. The molecule has 0 saturated heterocycles. The van der Waals surface area contributed by atoms with E-state index in [1.165, 1.54) is 37.7 Å². The molecule has 1 saturated carbocycles. The Kier molecular flexibility index (Phi) is 3.55. The second-order valence-electron chi connectivity index (χ2n) is 6.02. The van der Waals surface area contributed by atoms with Crippen molar-refractivity contribution in [3.8, 4) is 0 Å². The van der Waals surface area contributed by atoms with Crippen molar-refractivity contribution in [2.45, 2.75) is 51.0 Å². The Morgan fingerprint density at radius 2 is 1.95 bits per heavy atom. The van der Waals surface area contributed by atoms with Crippen molar-refractivity contribution in [1.82, 2.24) is 0 Å². The summed E-state index contributed by atoms with van der Waals surface area (Å²) in [6.07, 6.45) is 7.88. The molecular weight excluding hydrogens is 250 g/mol. The lowest BCUT2D eigenvalue weighted by atomic mass is 9.93. The summed E-state index contributed by atoms with van der Waals surface area (Å²) in [5.41, 5.74) is 10.2. The van der Waals surface area contributed by atoms with E-state index in [1.807, 2.05) is 6.07 Å². The molecule has 0 unspecified atom stereocenters. The van der Waals surface area contributed by atoms with Gasteiger partial charge in [-0.15, -0.1) is 0 Å². The number of nitrogens with zero attached hydrogens (tertiary/aromatic N) is 1. The topological polar surface area (TPSA) is 58.4 Å². The first-order valence-electron chi connectivity index (χ1n) is 7.60. The Balaban J connectivity index is 1.87. The molecule has 1 aromatic carbocycles. The first-order valence-corrected chi connectivity index (χ1v) is 7.60. The van der Waals surface area contributed by atoms with E-state index in [1.54, 1.807) is 0 Å². The molecule has 3 N–H and O–H groups in total. The van der Waals surface area contributed by atoms with E-state index in [-0.39, 0.29) is 5.91 Å². The van der Waals surface area contributed by atoms with Crippen LogP contribution in [0.4, 0.5) is 17.1 Å². The zero-order chi connectivity index (χ0) is 14.1. The zero-order valence-electron chi connectivity index (χ0n) is 12.1. The number of hydrogen-bond acceptors (Lipinski definition) is 3. The molecule has 108 valence electrons. The Morgan fingerprint density at radius 3 is 2.70 bits per heavy atom. The molecule has 0 atom stereocenters. The Labute approximate surface area is 120 Å². The number of fused-ring (bicyclic) bond motifs is 1. The van der Waals surface area contributed by atoms with Gasteiger partial charge in [0, 0.05) is 25.2 Å². The second kappa shape index (κ2) is 5.35. The van der Waals surface area contributed by atoms with Gasteiger partial charge in [0.15, 0.2) is 0 Å². The van der Waals surface area contributed by atoms with Crippen LogP contribution >= 0.6 is 0 Å². The van der Waals surface area contributed by atoms with E-state index < -0.39 is 0 Å².